The molecule has 0 unspecified atom stereocenters. The van der Waals surface area contributed by atoms with Crippen molar-refractivity contribution >= 4 is 34.6 Å². The summed E-state index contributed by atoms with van der Waals surface area (Å²) in [7, 11) is 3.13. The number of ether oxygens (including phenoxy) is 2. The summed E-state index contributed by atoms with van der Waals surface area (Å²) < 4.78 is 11.0. The highest BCUT2D eigenvalue weighted by molar-refractivity contribution is 6.30. The first-order valence-electron chi connectivity index (χ1n) is 9.63. The monoisotopic (exact) mass is 418 g/mol. The average molecular weight is 419 g/mol. The first-order valence-corrected chi connectivity index (χ1v) is 10.0. The standard InChI is InChI=1S/C24H19ClN2O3/c1-29-21-12-11-16-20-13-18(14-7-9-15(25)10-8-14)26-17-5-3-4-6-19(17)27(20)24(28)22(16)23(21)30-2/h3-12,20H,13H2,1-2H3/t20-/m0/s1. The molecule has 0 saturated carbocycles. The summed E-state index contributed by atoms with van der Waals surface area (Å²) in [5.41, 5.74) is 4.90. The van der Waals surface area contributed by atoms with Crippen molar-refractivity contribution < 1.29 is 14.3 Å². The maximum Gasteiger partial charge on any atom is 0.263 e. The molecular weight excluding hydrogens is 400 g/mol. The lowest BCUT2D eigenvalue weighted by atomic mass is 9.96. The smallest absolute Gasteiger partial charge is 0.263 e. The molecule has 0 N–H and O–H groups in total. The molecule has 30 heavy (non-hydrogen) atoms. The molecule has 2 aliphatic heterocycles. The van der Waals surface area contributed by atoms with Gasteiger partial charge in [0.25, 0.3) is 5.91 Å². The van der Waals surface area contributed by atoms with Crippen molar-refractivity contribution in [1.29, 1.82) is 0 Å². The van der Waals surface area contributed by atoms with E-state index in [9.17, 15) is 4.79 Å². The molecule has 0 saturated heterocycles. The van der Waals surface area contributed by atoms with Crippen LogP contribution in [-0.2, 0) is 0 Å². The Morgan fingerprint density at radius 2 is 1.77 bits per heavy atom. The normalized spacial score (nSPS) is 16.9. The largest absolute Gasteiger partial charge is 0.493 e. The van der Waals surface area contributed by atoms with Gasteiger partial charge >= 0.3 is 0 Å². The molecule has 2 heterocycles. The third kappa shape index (κ3) is 2.77. The number of halogens is 1. The van der Waals surface area contributed by atoms with Crippen molar-refractivity contribution in [2.75, 3.05) is 19.1 Å². The predicted molar refractivity (Wildman–Crippen MR) is 118 cm³/mol. The van der Waals surface area contributed by atoms with E-state index in [-0.39, 0.29) is 11.9 Å². The lowest BCUT2D eigenvalue weighted by Crippen LogP contribution is -2.28. The molecule has 1 atom stereocenters. The third-order valence-corrected chi connectivity index (χ3v) is 5.89. The first-order chi connectivity index (χ1) is 14.6. The molecule has 5 nitrogen and oxygen atoms in total. The van der Waals surface area contributed by atoms with Gasteiger partial charge in [-0.2, -0.15) is 0 Å². The lowest BCUT2D eigenvalue weighted by molar-refractivity contribution is 0.0989. The second-order valence-corrected chi connectivity index (χ2v) is 7.65. The van der Waals surface area contributed by atoms with Crippen LogP contribution in [0.4, 0.5) is 11.4 Å². The molecule has 0 radical (unpaired) electrons. The van der Waals surface area contributed by atoms with E-state index in [1.807, 2.05) is 65.6 Å². The zero-order chi connectivity index (χ0) is 20.8. The van der Waals surface area contributed by atoms with Gasteiger partial charge in [-0.3, -0.25) is 14.7 Å². The number of anilines is 1. The van der Waals surface area contributed by atoms with Gasteiger partial charge in [-0.15, -0.1) is 0 Å². The zero-order valence-electron chi connectivity index (χ0n) is 16.6. The second kappa shape index (κ2) is 7.18. The molecule has 3 aromatic rings. The van der Waals surface area contributed by atoms with Crippen LogP contribution >= 0.6 is 11.6 Å². The predicted octanol–water partition coefficient (Wildman–Crippen LogP) is 5.58. The summed E-state index contributed by atoms with van der Waals surface area (Å²) >= 11 is 6.08. The summed E-state index contributed by atoms with van der Waals surface area (Å²) in [6.07, 6.45) is 0.574. The molecule has 5 rings (SSSR count). The van der Waals surface area contributed by atoms with E-state index < -0.39 is 0 Å². The fourth-order valence-electron chi connectivity index (χ4n) is 4.28. The number of carbonyl (C=O) groups is 1. The minimum atomic E-state index is -0.189. The van der Waals surface area contributed by atoms with Crippen molar-refractivity contribution in [2.45, 2.75) is 12.5 Å². The van der Waals surface area contributed by atoms with Gasteiger partial charge in [0.15, 0.2) is 11.5 Å². The fraction of sp³-hybridized carbons (Fsp3) is 0.167. The van der Waals surface area contributed by atoms with Crippen LogP contribution in [0.3, 0.4) is 0 Å². The van der Waals surface area contributed by atoms with Gasteiger partial charge < -0.3 is 9.47 Å². The van der Waals surface area contributed by atoms with Crippen LogP contribution in [0.15, 0.2) is 65.7 Å². The van der Waals surface area contributed by atoms with E-state index in [4.69, 9.17) is 26.1 Å². The van der Waals surface area contributed by atoms with Crippen molar-refractivity contribution in [3.05, 3.63) is 82.4 Å². The van der Waals surface area contributed by atoms with E-state index in [0.717, 1.165) is 28.2 Å². The molecule has 150 valence electrons. The number of hydrogen-bond donors (Lipinski definition) is 0. The van der Waals surface area contributed by atoms with Gasteiger partial charge in [0, 0.05) is 11.4 Å². The first kappa shape index (κ1) is 18.7. The van der Waals surface area contributed by atoms with E-state index in [1.54, 1.807) is 14.2 Å². The van der Waals surface area contributed by atoms with Crippen LogP contribution in [0.5, 0.6) is 11.5 Å². The minimum absolute atomic E-state index is 0.106. The van der Waals surface area contributed by atoms with Crippen molar-refractivity contribution in [3.63, 3.8) is 0 Å². The Morgan fingerprint density at radius 3 is 2.50 bits per heavy atom. The topological polar surface area (TPSA) is 51.1 Å². The molecule has 6 heteroatoms. The molecule has 1 amide bonds. The van der Waals surface area contributed by atoms with Gasteiger partial charge in [0.2, 0.25) is 0 Å². The van der Waals surface area contributed by atoms with Gasteiger partial charge in [0.1, 0.15) is 0 Å². The molecule has 0 spiro atoms. The van der Waals surface area contributed by atoms with E-state index in [0.29, 0.717) is 28.5 Å². The summed E-state index contributed by atoms with van der Waals surface area (Å²) in [5.74, 6) is 0.906. The number of aliphatic imine (C=N–C) groups is 1. The van der Waals surface area contributed by atoms with Crippen molar-refractivity contribution in [2.24, 2.45) is 4.99 Å². The van der Waals surface area contributed by atoms with Crippen LogP contribution in [0.2, 0.25) is 5.02 Å². The Labute approximate surface area is 179 Å². The van der Waals surface area contributed by atoms with Crippen molar-refractivity contribution in [1.82, 2.24) is 0 Å². The lowest BCUT2D eigenvalue weighted by Gasteiger charge is -2.24. The molecule has 3 aromatic carbocycles. The highest BCUT2D eigenvalue weighted by Gasteiger charge is 2.43. The van der Waals surface area contributed by atoms with Crippen LogP contribution < -0.4 is 14.4 Å². The van der Waals surface area contributed by atoms with E-state index in [1.165, 1.54) is 0 Å². The van der Waals surface area contributed by atoms with Gasteiger partial charge in [-0.25, -0.2) is 0 Å². The van der Waals surface area contributed by atoms with E-state index in [2.05, 4.69) is 0 Å². The van der Waals surface area contributed by atoms with Gasteiger partial charge in [0.05, 0.1) is 42.9 Å². The highest BCUT2D eigenvalue weighted by atomic mass is 35.5. The Balaban J connectivity index is 1.72. The van der Waals surface area contributed by atoms with Gasteiger partial charge in [-0.1, -0.05) is 41.9 Å². The molecule has 0 aliphatic carbocycles. The quantitative estimate of drug-likeness (QED) is 0.557. The Kier molecular flexibility index (Phi) is 4.48. The van der Waals surface area contributed by atoms with E-state index >= 15 is 0 Å². The van der Waals surface area contributed by atoms with Crippen LogP contribution in [0.25, 0.3) is 0 Å². The molecule has 0 bridgehead atoms. The number of methoxy groups -OCH3 is 2. The Morgan fingerprint density at radius 1 is 1.00 bits per heavy atom. The number of fused-ring (bicyclic) bond motifs is 5. The van der Waals surface area contributed by atoms with Crippen molar-refractivity contribution in [3.8, 4) is 11.5 Å². The summed E-state index contributed by atoms with van der Waals surface area (Å²) in [6, 6.07) is 19.0. The summed E-state index contributed by atoms with van der Waals surface area (Å²) in [6.45, 7) is 0. The summed E-state index contributed by atoms with van der Waals surface area (Å²) in [4.78, 5) is 20.4. The zero-order valence-corrected chi connectivity index (χ0v) is 17.3. The molecule has 0 fully saturated rings. The van der Waals surface area contributed by atoms with Crippen LogP contribution in [0.1, 0.15) is 33.9 Å². The number of benzene rings is 3. The summed E-state index contributed by atoms with van der Waals surface area (Å²) in [5, 5.41) is 0.674. The Bertz CT molecular complexity index is 1190. The maximum atomic E-state index is 13.6. The average Bonchev–Trinajstić information content (AvgIpc) is 2.94. The minimum Gasteiger partial charge on any atom is -0.493 e. The van der Waals surface area contributed by atoms with Crippen LogP contribution in [0, 0.1) is 0 Å². The third-order valence-electron chi connectivity index (χ3n) is 5.64. The van der Waals surface area contributed by atoms with Gasteiger partial charge in [-0.05, 0) is 41.5 Å². The number of amides is 1. The Hall–Kier alpha value is -3.31. The highest BCUT2D eigenvalue weighted by Crippen LogP contribution is 2.50. The molecular formula is C24H19ClN2O3. The number of rotatable bonds is 3. The molecule has 0 aromatic heterocycles. The number of hydrogen-bond acceptors (Lipinski definition) is 4. The second-order valence-electron chi connectivity index (χ2n) is 7.21. The number of carbonyl (C=O) groups excluding carboxylic acids is 1. The van der Waals surface area contributed by atoms with Crippen LogP contribution in [-0.4, -0.2) is 25.8 Å². The number of nitrogens with zero attached hydrogens (tertiary/aromatic N) is 2. The number of para-hydroxylation sites is 2. The maximum absolute atomic E-state index is 13.6. The SMILES string of the molecule is COc1ccc2c(c1OC)C(=O)N1c3ccccc3N=C(c3ccc(Cl)cc3)C[C@@H]21. The molecule has 2 aliphatic rings. The fourth-order valence-corrected chi connectivity index (χ4v) is 4.41.